The molecule has 1 heteroatoms. The van der Waals surface area contributed by atoms with E-state index in [0.29, 0.717) is 6.04 Å². The highest BCUT2D eigenvalue weighted by Gasteiger charge is 2.14. The Kier molecular flexibility index (Phi) is 5.06. The molecule has 0 radical (unpaired) electrons. The second-order valence-electron chi connectivity index (χ2n) is 5.48. The third-order valence-corrected chi connectivity index (χ3v) is 3.90. The fourth-order valence-electron chi connectivity index (χ4n) is 2.87. The number of benzene rings is 1. The first kappa shape index (κ1) is 12.6. The van der Waals surface area contributed by atoms with E-state index in [4.69, 9.17) is 0 Å². The van der Waals surface area contributed by atoms with Gasteiger partial charge in [-0.05, 0) is 37.8 Å². The molecule has 0 saturated heterocycles. The summed E-state index contributed by atoms with van der Waals surface area (Å²) in [5, 5.41) is 3.66. The highest BCUT2D eigenvalue weighted by atomic mass is 14.9. The Labute approximate surface area is 106 Å². The molecule has 1 fully saturated rings. The van der Waals surface area contributed by atoms with E-state index >= 15 is 0 Å². The Morgan fingerprint density at radius 3 is 2.59 bits per heavy atom. The molecule has 2 rings (SSSR count). The van der Waals surface area contributed by atoms with Crippen molar-refractivity contribution in [1.82, 2.24) is 5.32 Å². The Bertz CT molecular complexity index is 301. The lowest BCUT2D eigenvalue weighted by molar-refractivity contribution is 0.448. The summed E-state index contributed by atoms with van der Waals surface area (Å²) in [6, 6.07) is 11.4. The van der Waals surface area contributed by atoms with Crippen LogP contribution in [0.1, 0.15) is 44.6 Å². The van der Waals surface area contributed by atoms with Crippen LogP contribution >= 0.6 is 0 Å². The maximum atomic E-state index is 3.66. The number of nitrogens with one attached hydrogen (secondary N) is 1. The van der Waals surface area contributed by atoms with Gasteiger partial charge < -0.3 is 5.32 Å². The molecule has 0 bridgehead atoms. The first-order chi connectivity index (χ1) is 8.34. The van der Waals surface area contributed by atoms with Crippen molar-refractivity contribution >= 4 is 0 Å². The molecule has 1 N–H and O–H groups in total. The van der Waals surface area contributed by atoms with Crippen LogP contribution in [-0.4, -0.2) is 12.6 Å². The summed E-state index contributed by atoms with van der Waals surface area (Å²) < 4.78 is 0. The maximum absolute atomic E-state index is 3.66. The quantitative estimate of drug-likeness (QED) is 0.785. The first-order valence-corrected chi connectivity index (χ1v) is 7.12. The lowest BCUT2D eigenvalue weighted by Gasteiger charge is -2.15. The minimum atomic E-state index is 0.596. The SMILES string of the molecule is CC(Cc1ccccc1)NCCC1CCCC1. The molecule has 1 atom stereocenters. The molecule has 0 aliphatic heterocycles. The van der Waals surface area contributed by atoms with Crippen LogP contribution in [-0.2, 0) is 6.42 Å². The molecule has 1 nitrogen and oxygen atoms in total. The summed E-state index contributed by atoms with van der Waals surface area (Å²) in [5.41, 5.74) is 1.44. The van der Waals surface area contributed by atoms with Gasteiger partial charge in [0.2, 0.25) is 0 Å². The van der Waals surface area contributed by atoms with Gasteiger partial charge in [0, 0.05) is 6.04 Å². The molecule has 0 spiro atoms. The van der Waals surface area contributed by atoms with E-state index in [0.717, 1.165) is 12.3 Å². The zero-order valence-corrected chi connectivity index (χ0v) is 11.0. The standard InChI is InChI=1S/C16H25N/c1-14(13-16-9-3-2-4-10-16)17-12-11-15-7-5-6-8-15/h2-4,9-10,14-15,17H,5-8,11-13H2,1H3. The number of rotatable bonds is 6. The summed E-state index contributed by atoms with van der Waals surface area (Å²) in [6.45, 7) is 3.49. The fraction of sp³-hybridized carbons (Fsp3) is 0.625. The normalized spacial score (nSPS) is 18.4. The summed E-state index contributed by atoms with van der Waals surface area (Å²) >= 11 is 0. The van der Waals surface area contributed by atoms with E-state index < -0.39 is 0 Å². The van der Waals surface area contributed by atoms with E-state index in [1.165, 1.54) is 44.2 Å². The second kappa shape index (κ2) is 6.80. The van der Waals surface area contributed by atoms with E-state index in [-0.39, 0.29) is 0 Å². The Morgan fingerprint density at radius 1 is 1.18 bits per heavy atom. The van der Waals surface area contributed by atoms with Gasteiger partial charge in [-0.1, -0.05) is 56.0 Å². The zero-order chi connectivity index (χ0) is 11.9. The van der Waals surface area contributed by atoms with E-state index in [1.807, 2.05) is 0 Å². The fourth-order valence-corrected chi connectivity index (χ4v) is 2.87. The molecule has 17 heavy (non-hydrogen) atoms. The van der Waals surface area contributed by atoms with Crippen molar-refractivity contribution in [2.45, 2.75) is 51.5 Å². The second-order valence-corrected chi connectivity index (χ2v) is 5.48. The molecule has 1 saturated carbocycles. The van der Waals surface area contributed by atoms with E-state index in [2.05, 4.69) is 42.6 Å². The third kappa shape index (κ3) is 4.51. The van der Waals surface area contributed by atoms with Gasteiger partial charge in [0.15, 0.2) is 0 Å². The molecule has 1 aliphatic rings. The molecule has 0 heterocycles. The van der Waals surface area contributed by atoms with Crippen molar-refractivity contribution < 1.29 is 0 Å². The van der Waals surface area contributed by atoms with Crippen LogP contribution in [0, 0.1) is 5.92 Å². The van der Waals surface area contributed by atoms with Crippen LogP contribution in [0.5, 0.6) is 0 Å². The van der Waals surface area contributed by atoms with Crippen LogP contribution in [0.3, 0.4) is 0 Å². The van der Waals surface area contributed by atoms with E-state index in [9.17, 15) is 0 Å². The van der Waals surface area contributed by atoms with Crippen LogP contribution < -0.4 is 5.32 Å². The molecule has 94 valence electrons. The van der Waals surface area contributed by atoms with Crippen molar-refractivity contribution in [2.75, 3.05) is 6.54 Å². The van der Waals surface area contributed by atoms with Crippen molar-refractivity contribution in [1.29, 1.82) is 0 Å². The molecular weight excluding hydrogens is 206 g/mol. The van der Waals surface area contributed by atoms with Crippen LogP contribution in [0.4, 0.5) is 0 Å². The van der Waals surface area contributed by atoms with Crippen LogP contribution in [0.25, 0.3) is 0 Å². The molecule has 1 aliphatic carbocycles. The topological polar surface area (TPSA) is 12.0 Å². The minimum absolute atomic E-state index is 0.596. The first-order valence-electron chi connectivity index (χ1n) is 7.12. The van der Waals surface area contributed by atoms with Crippen molar-refractivity contribution in [2.24, 2.45) is 5.92 Å². The smallest absolute Gasteiger partial charge is 0.00791 e. The van der Waals surface area contributed by atoms with Gasteiger partial charge in [-0.15, -0.1) is 0 Å². The average molecular weight is 231 g/mol. The Morgan fingerprint density at radius 2 is 1.88 bits per heavy atom. The van der Waals surface area contributed by atoms with Gasteiger partial charge in [0.1, 0.15) is 0 Å². The third-order valence-electron chi connectivity index (χ3n) is 3.90. The largest absolute Gasteiger partial charge is 0.314 e. The summed E-state index contributed by atoms with van der Waals surface area (Å²) in [4.78, 5) is 0. The van der Waals surface area contributed by atoms with Gasteiger partial charge in [0.25, 0.3) is 0 Å². The van der Waals surface area contributed by atoms with Crippen molar-refractivity contribution in [3.63, 3.8) is 0 Å². The molecular formula is C16H25N. The highest BCUT2D eigenvalue weighted by molar-refractivity contribution is 5.15. The summed E-state index contributed by atoms with van der Waals surface area (Å²) in [5.74, 6) is 1.01. The van der Waals surface area contributed by atoms with E-state index in [1.54, 1.807) is 0 Å². The van der Waals surface area contributed by atoms with Crippen molar-refractivity contribution in [3.05, 3.63) is 35.9 Å². The monoisotopic (exact) mass is 231 g/mol. The molecule has 0 amide bonds. The Hall–Kier alpha value is -0.820. The maximum Gasteiger partial charge on any atom is 0.00791 e. The summed E-state index contributed by atoms with van der Waals surface area (Å²) in [7, 11) is 0. The summed E-state index contributed by atoms with van der Waals surface area (Å²) in [6.07, 6.45) is 8.38. The van der Waals surface area contributed by atoms with Gasteiger partial charge in [-0.25, -0.2) is 0 Å². The number of hydrogen-bond acceptors (Lipinski definition) is 1. The minimum Gasteiger partial charge on any atom is -0.314 e. The number of hydrogen-bond donors (Lipinski definition) is 1. The lowest BCUT2D eigenvalue weighted by atomic mass is 10.0. The highest BCUT2D eigenvalue weighted by Crippen LogP contribution is 2.26. The van der Waals surface area contributed by atoms with Gasteiger partial charge in [-0.2, -0.15) is 0 Å². The van der Waals surface area contributed by atoms with Gasteiger partial charge in [0.05, 0.1) is 0 Å². The van der Waals surface area contributed by atoms with Gasteiger partial charge in [-0.3, -0.25) is 0 Å². The van der Waals surface area contributed by atoms with Gasteiger partial charge >= 0.3 is 0 Å². The predicted octanol–water partition coefficient (Wildman–Crippen LogP) is 3.79. The molecule has 0 aromatic heterocycles. The predicted molar refractivity (Wildman–Crippen MR) is 74.2 cm³/mol. The van der Waals surface area contributed by atoms with Crippen molar-refractivity contribution in [3.8, 4) is 0 Å². The zero-order valence-electron chi connectivity index (χ0n) is 11.0. The molecule has 1 aromatic carbocycles. The average Bonchev–Trinajstić information content (AvgIpc) is 2.83. The Balaban J connectivity index is 1.62. The van der Waals surface area contributed by atoms with Crippen LogP contribution in [0.2, 0.25) is 0 Å². The molecule has 1 unspecified atom stereocenters. The lowest BCUT2D eigenvalue weighted by Crippen LogP contribution is -2.29. The molecule has 1 aromatic rings. The van der Waals surface area contributed by atoms with Crippen LogP contribution in [0.15, 0.2) is 30.3 Å².